The lowest BCUT2D eigenvalue weighted by molar-refractivity contribution is -0.136. The molecule has 0 saturated heterocycles. The Bertz CT molecular complexity index is 257. The normalized spacial score (nSPS) is 14.1. The Morgan fingerprint density at radius 2 is 1.23 bits per heavy atom. The van der Waals surface area contributed by atoms with Crippen molar-refractivity contribution in [3.8, 4) is 0 Å². The van der Waals surface area contributed by atoms with E-state index in [-0.39, 0.29) is 5.92 Å². The summed E-state index contributed by atoms with van der Waals surface area (Å²) < 4.78 is 0. The number of carbonyl (C=O) groups excluding carboxylic acids is 1. The fourth-order valence-corrected chi connectivity index (χ4v) is 3.08. The molecular formula is C20H41NO. The molecule has 0 heterocycles. The van der Waals surface area contributed by atoms with Gasteiger partial charge in [-0.2, -0.15) is 0 Å². The van der Waals surface area contributed by atoms with Gasteiger partial charge >= 0.3 is 0 Å². The van der Waals surface area contributed by atoms with Gasteiger partial charge in [0.15, 0.2) is 0 Å². The number of hydrogen-bond donors (Lipinski definition) is 0. The SMILES string of the molecule is CCCCC(CC)CN(CC(CC)CCCC)C(=O)C(C)C. The number of hydrogen-bond acceptors (Lipinski definition) is 1. The van der Waals surface area contributed by atoms with Crippen LogP contribution in [0.15, 0.2) is 0 Å². The van der Waals surface area contributed by atoms with Crippen molar-refractivity contribution in [1.82, 2.24) is 4.90 Å². The summed E-state index contributed by atoms with van der Waals surface area (Å²) in [5.74, 6) is 1.81. The Balaban J connectivity index is 4.75. The molecular weight excluding hydrogens is 270 g/mol. The van der Waals surface area contributed by atoms with E-state index in [1.54, 1.807) is 0 Å². The van der Waals surface area contributed by atoms with Gasteiger partial charge in [0.05, 0.1) is 0 Å². The van der Waals surface area contributed by atoms with E-state index in [1.165, 1.54) is 51.4 Å². The zero-order chi connectivity index (χ0) is 17.0. The molecule has 0 saturated carbocycles. The summed E-state index contributed by atoms with van der Waals surface area (Å²) in [4.78, 5) is 14.8. The van der Waals surface area contributed by atoms with Crippen LogP contribution in [0, 0.1) is 17.8 Å². The average molecular weight is 312 g/mol. The maximum atomic E-state index is 12.6. The van der Waals surface area contributed by atoms with Crippen LogP contribution in [0.5, 0.6) is 0 Å². The van der Waals surface area contributed by atoms with Gasteiger partial charge in [-0.15, -0.1) is 0 Å². The van der Waals surface area contributed by atoms with Gasteiger partial charge in [0.25, 0.3) is 0 Å². The zero-order valence-corrected chi connectivity index (χ0v) is 16.2. The van der Waals surface area contributed by atoms with Crippen molar-refractivity contribution in [2.75, 3.05) is 13.1 Å². The van der Waals surface area contributed by atoms with Gasteiger partial charge < -0.3 is 4.90 Å². The Hall–Kier alpha value is -0.530. The van der Waals surface area contributed by atoms with E-state index >= 15 is 0 Å². The van der Waals surface area contributed by atoms with Crippen LogP contribution in [0.3, 0.4) is 0 Å². The number of unbranched alkanes of at least 4 members (excludes halogenated alkanes) is 2. The Kier molecular flexibility index (Phi) is 12.6. The quantitative estimate of drug-likeness (QED) is 0.414. The van der Waals surface area contributed by atoms with Crippen LogP contribution < -0.4 is 0 Å². The minimum atomic E-state index is 0.118. The molecule has 0 aliphatic rings. The van der Waals surface area contributed by atoms with Crippen LogP contribution in [-0.2, 0) is 4.79 Å². The monoisotopic (exact) mass is 311 g/mol. The largest absolute Gasteiger partial charge is 0.342 e. The molecule has 0 aromatic heterocycles. The lowest BCUT2D eigenvalue weighted by Crippen LogP contribution is -2.41. The van der Waals surface area contributed by atoms with E-state index in [0.29, 0.717) is 17.7 Å². The molecule has 22 heavy (non-hydrogen) atoms. The Morgan fingerprint density at radius 3 is 1.50 bits per heavy atom. The summed E-state index contributed by atoms with van der Waals surface area (Å²) in [5, 5.41) is 0. The lowest BCUT2D eigenvalue weighted by Gasteiger charge is -2.32. The molecule has 2 unspecified atom stereocenters. The van der Waals surface area contributed by atoms with E-state index < -0.39 is 0 Å². The van der Waals surface area contributed by atoms with Gasteiger partial charge in [-0.25, -0.2) is 0 Å². The highest BCUT2D eigenvalue weighted by atomic mass is 16.2. The maximum absolute atomic E-state index is 12.6. The first kappa shape index (κ1) is 21.5. The van der Waals surface area contributed by atoms with Crippen LogP contribution in [0.25, 0.3) is 0 Å². The average Bonchev–Trinajstić information content (AvgIpc) is 2.52. The molecule has 0 radical (unpaired) electrons. The molecule has 132 valence electrons. The van der Waals surface area contributed by atoms with E-state index in [0.717, 1.165) is 13.1 Å². The van der Waals surface area contributed by atoms with Gasteiger partial charge in [0.2, 0.25) is 5.91 Å². The predicted octanol–water partition coefficient (Wildman–Crippen LogP) is 5.90. The highest BCUT2D eigenvalue weighted by Crippen LogP contribution is 2.20. The van der Waals surface area contributed by atoms with Crippen molar-refractivity contribution < 1.29 is 4.79 Å². The first-order chi connectivity index (χ1) is 10.5. The molecule has 0 aliphatic carbocycles. The molecule has 0 bridgehead atoms. The second kappa shape index (κ2) is 13.0. The summed E-state index contributed by atoms with van der Waals surface area (Å²) in [7, 11) is 0. The summed E-state index contributed by atoms with van der Waals surface area (Å²) in [6.45, 7) is 15.1. The fraction of sp³-hybridized carbons (Fsp3) is 0.950. The number of carbonyl (C=O) groups is 1. The van der Waals surface area contributed by atoms with Gasteiger partial charge in [0, 0.05) is 19.0 Å². The van der Waals surface area contributed by atoms with E-state index in [9.17, 15) is 4.79 Å². The van der Waals surface area contributed by atoms with E-state index in [1.807, 2.05) is 13.8 Å². The highest BCUT2D eigenvalue weighted by Gasteiger charge is 2.22. The first-order valence-electron chi connectivity index (χ1n) is 9.78. The summed E-state index contributed by atoms with van der Waals surface area (Å²) in [6.07, 6.45) is 9.98. The molecule has 0 rings (SSSR count). The van der Waals surface area contributed by atoms with Crippen LogP contribution in [0.4, 0.5) is 0 Å². The number of rotatable bonds is 13. The molecule has 2 nitrogen and oxygen atoms in total. The zero-order valence-electron chi connectivity index (χ0n) is 16.2. The van der Waals surface area contributed by atoms with Crippen molar-refractivity contribution >= 4 is 5.91 Å². The third-order valence-electron chi connectivity index (χ3n) is 4.85. The lowest BCUT2D eigenvalue weighted by atomic mass is 9.95. The smallest absolute Gasteiger partial charge is 0.225 e. The molecule has 0 aliphatic heterocycles. The summed E-state index contributed by atoms with van der Waals surface area (Å²) in [5.41, 5.74) is 0. The second-order valence-corrected chi connectivity index (χ2v) is 7.23. The van der Waals surface area contributed by atoms with Crippen molar-refractivity contribution in [1.29, 1.82) is 0 Å². The predicted molar refractivity (Wildman–Crippen MR) is 98.0 cm³/mol. The maximum Gasteiger partial charge on any atom is 0.225 e. The van der Waals surface area contributed by atoms with Crippen molar-refractivity contribution in [2.24, 2.45) is 17.8 Å². The summed E-state index contributed by atoms with van der Waals surface area (Å²) in [6, 6.07) is 0. The highest BCUT2D eigenvalue weighted by molar-refractivity contribution is 5.78. The third kappa shape index (κ3) is 8.80. The van der Waals surface area contributed by atoms with Crippen LogP contribution >= 0.6 is 0 Å². The molecule has 0 fully saturated rings. The van der Waals surface area contributed by atoms with Gasteiger partial charge in [-0.3, -0.25) is 4.79 Å². The second-order valence-electron chi connectivity index (χ2n) is 7.23. The van der Waals surface area contributed by atoms with Crippen LogP contribution in [-0.4, -0.2) is 23.9 Å². The molecule has 0 spiro atoms. The molecule has 2 atom stereocenters. The van der Waals surface area contributed by atoms with Crippen LogP contribution in [0.2, 0.25) is 0 Å². The number of nitrogens with zero attached hydrogens (tertiary/aromatic N) is 1. The third-order valence-corrected chi connectivity index (χ3v) is 4.85. The van der Waals surface area contributed by atoms with Gasteiger partial charge in [0.1, 0.15) is 0 Å². The molecule has 0 aromatic rings. The first-order valence-corrected chi connectivity index (χ1v) is 9.78. The minimum absolute atomic E-state index is 0.118. The molecule has 2 heteroatoms. The molecule has 0 aromatic carbocycles. The van der Waals surface area contributed by atoms with E-state index in [2.05, 4.69) is 32.6 Å². The van der Waals surface area contributed by atoms with Crippen molar-refractivity contribution in [3.05, 3.63) is 0 Å². The van der Waals surface area contributed by atoms with Crippen molar-refractivity contribution in [3.63, 3.8) is 0 Å². The van der Waals surface area contributed by atoms with Crippen molar-refractivity contribution in [2.45, 2.75) is 92.9 Å². The molecule has 0 N–H and O–H groups in total. The fourth-order valence-electron chi connectivity index (χ4n) is 3.08. The Labute approximate surface area is 140 Å². The van der Waals surface area contributed by atoms with Crippen LogP contribution in [0.1, 0.15) is 92.9 Å². The standard InChI is InChI=1S/C20H41NO/c1-7-11-13-18(9-3)15-21(20(22)17(5)6)16-19(10-4)14-12-8-2/h17-19H,7-16H2,1-6H3. The Morgan fingerprint density at radius 1 is 0.818 bits per heavy atom. The van der Waals surface area contributed by atoms with Gasteiger partial charge in [-0.05, 0) is 24.7 Å². The minimum Gasteiger partial charge on any atom is -0.342 e. The topological polar surface area (TPSA) is 20.3 Å². The molecule has 1 amide bonds. The van der Waals surface area contributed by atoms with E-state index in [4.69, 9.17) is 0 Å². The number of amides is 1. The van der Waals surface area contributed by atoms with Gasteiger partial charge in [-0.1, -0.05) is 80.1 Å². The summed E-state index contributed by atoms with van der Waals surface area (Å²) >= 11 is 0.